The number of anilines is 3. The number of aryl methyl sites for hydroxylation is 1. The Kier molecular flexibility index (Phi) is 4.64. The van der Waals surface area contributed by atoms with Gasteiger partial charge in [-0.2, -0.15) is 10.2 Å². The van der Waals surface area contributed by atoms with Gasteiger partial charge in [0.05, 0.1) is 29.7 Å². The molecule has 1 fully saturated rings. The van der Waals surface area contributed by atoms with Crippen LogP contribution in [0.4, 0.5) is 17.5 Å². The standard InChI is InChI=1S/C22H25N9O2/c1-13-4-6-33-22-16(9-25-29(22)2)20-23-5-3-18(27-20)26-19-7-17-15(8-24-19)21(28-31(13)17)30-10-14(11-30)12-32/h3,5,7-9,13-14,32H,4,6,10-12H2,1-2H3,(H,23,24,26,27). The van der Waals surface area contributed by atoms with Gasteiger partial charge in [0, 0.05) is 57.5 Å². The highest BCUT2D eigenvalue weighted by Gasteiger charge is 2.30. The minimum Gasteiger partial charge on any atom is -0.477 e. The van der Waals surface area contributed by atoms with Crippen molar-refractivity contribution in [3.8, 4) is 17.3 Å². The lowest BCUT2D eigenvalue weighted by Gasteiger charge is -2.38. The number of rotatable bonds is 2. The van der Waals surface area contributed by atoms with Crippen molar-refractivity contribution >= 4 is 28.4 Å². The zero-order valence-corrected chi connectivity index (χ0v) is 18.5. The van der Waals surface area contributed by atoms with Crippen LogP contribution in [0, 0.1) is 5.92 Å². The number of nitrogens with one attached hydrogen (secondary N) is 1. The number of fused-ring (bicyclic) bond motifs is 5. The van der Waals surface area contributed by atoms with Gasteiger partial charge in [-0.25, -0.2) is 19.6 Å². The summed E-state index contributed by atoms with van der Waals surface area (Å²) in [5, 5.41) is 23.0. The normalized spacial score (nSPS) is 18.4. The van der Waals surface area contributed by atoms with Gasteiger partial charge in [0.25, 0.3) is 0 Å². The first-order valence-corrected chi connectivity index (χ1v) is 11.1. The Morgan fingerprint density at radius 3 is 2.94 bits per heavy atom. The van der Waals surface area contributed by atoms with Crippen LogP contribution in [0.15, 0.2) is 30.7 Å². The zero-order valence-electron chi connectivity index (χ0n) is 18.5. The lowest BCUT2D eigenvalue weighted by atomic mass is 10.0. The van der Waals surface area contributed by atoms with Gasteiger partial charge in [0.2, 0.25) is 5.88 Å². The number of aliphatic hydroxyl groups is 1. The Hall–Kier alpha value is -3.73. The molecule has 0 aliphatic carbocycles. The molecule has 4 aromatic rings. The van der Waals surface area contributed by atoms with Crippen molar-refractivity contribution in [1.29, 1.82) is 0 Å². The zero-order chi connectivity index (χ0) is 22.5. The van der Waals surface area contributed by atoms with Crippen LogP contribution in [0.1, 0.15) is 19.4 Å². The van der Waals surface area contributed by atoms with Crippen molar-refractivity contribution in [2.24, 2.45) is 13.0 Å². The van der Waals surface area contributed by atoms with E-state index in [1.54, 1.807) is 23.1 Å². The summed E-state index contributed by atoms with van der Waals surface area (Å²) < 4.78 is 9.90. The predicted octanol–water partition coefficient (Wildman–Crippen LogP) is 2.14. The van der Waals surface area contributed by atoms with Crippen molar-refractivity contribution in [3.05, 3.63) is 30.7 Å². The summed E-state index contributed by atoms with van der Waals surface area (Å²) in [6.07, 6.45) is 6.04. The molecule has 2 N–H and O–H groups in total. The number of pyridine rings is 1. The minimum atomic E-state index is 0.0973. The van der Waals surface area contributed by atoms with Gasteiger partial charge in [0.15, 0.2) is 11.6 Å². The van der Waals surface area contributed by atoms with E-state index in [2.05, 4.69) is 41.9 Å². The Balaban J connectivity index is 1.44. The van der Waals surface area contributed by atoms with E-state index in [0.717, 1.165) is 41.8 Å². The molecule has 0 saturated carbocycles. The highest BCUT2D eigenvalue weighted by molar-refractivity contribution is 5.92. The van der Waals surface area contributed by atoms with Crippen LogP contribution in [-0.4, -0.2) is 65.9 Å². The molecule has 4 bridgehead atoms. The Morgan fingerprint density at radius 1 is 1.21 bits per heavy atom. The Labute approximate surface area is 190 Å². The molecule has 0 radical (unpaired) electrons. The smallest absolute Gasteiger partial charge is 0.222 e. The second kappa shape index (κ2) is 7.69. The molecule has 1 unspecified atom stereocenters. The third-order valence-corrected chi connectivity index (χ3v) is 6.32. The highest BCUT2D eigenvalue weighted by atomic mass is 16.5. The second-order valence-corrected chi connectivity index (χ2v) is 8.67. The largest absolute Gasteiger partial charge is 0.477 e. The van der Waals surface area contributed by atoms with Gasteiger partial charge in [-0.05, 0) is 13.0 Å². The van der Waals surface area contributed by atoms with Gasteiger partial charge >= 0.3 is 0 Å². The van der Waals surface area contributed by atoms with Crippen molar-refractivity contribution in [2.75, 3.05) is 36.5 Å². The maximum absolute atomic E-state index is 9.43. The molecule has 6 rings (SSSR count). The van der Waals surface area contributed by atoms with Crippen LogP contribution in [0.2, 0.25) is 0 Å². The molecular formula is C22H25N9O2. The van der Waals surface area contributed by atoms with Crippen molar-refractivity contribution in [2.45, 2.75) is 19.4 Å². The fraction of sp³-hybridized carbons (Fsp3) is 0.409. The molecule has 4 aromatic heterocycles. The van der Waals surface area contributed by atoms with Gasteiger partial charge in [-0.3, -0.25) is 4.68 Å². The molecule has 11 nitrogen and oxygen atoms in total. The molecule has 0 amide bonds. The predicted molar refractivity (Wildman–Crippen MR) is 123 cm³/mol. The third kappa shape index (κ3) is 3.35. The summed E-state index contributed by atoms with van der Waals surface area (Å²) in [7, 11) is 1.85. The average molecular weight is 448 g/mol. The molecule has 1 saturated heterocycles. The monoisotopic (exact) mass is 447 g/mol. The number of aromatic nitrogens is 7. The molecule has 33 heavy (non-hydrogen) atoms. The molecule has 6 heterocycles. The van der Waals surface area contributed by atoms with Crippen LogP contribution >= 0.6 is 0 Å². The summed E-state index contributed by atoms with van der Waals surface area (Å²) in [5.41, 5.74) is 1.74. The first-order chi connectivity index (χ1) is 16.1. The molecule has 2 aliphatic heterocycles. The van der Waals surface area contributed by atoms with E-state index < -0.39 is 0 Å². The van der Waals surface area contributed by atoms with Gasteiger partial charge in [-0.1, -0.05) is 0 Å². The first-order valence-electron chi connectivity index (χ1n) is 11.1. The maximum atomic E-state index is 9.43. The van der Waals surface area contributed by atoms with Gasteiger partial charge in [-0.15, -0.1) is 0 Å². The lowest BCUT2D eigenvalue weighted by molar-refractivity contribution is 0.200. The number of nitrogens with zero attached hydrogens (tertiary/aromatic N) is 8. The fourth-order valence-corrected chi connectivity index (χ4v) is 4.40. The molecule has 170 valence electrons. The fourth-order valence-electron chi connectivity index (χ4n) is 4.40. The number of hydrogen-bond donors (Lipinski definition) is 2. The van der Waals surface area contributed by atoms with Crippen molar-refractivity contribution < 1.29 is 9.84 Å². The SMILES string of the molecule is CC1CCOc2c(cnn2C)-c2nccc(n2)Nc2cc3c(cn2)c(N2CC(CO)C2)nn31. The van der Waals surface area contributed by atoms with Crippen LogP contribution < -0.4 is 15.0 Å². The van der Waals surface area contributed by atoms with E-state index >= 15 is 0 Å². The number of aliphatic hydroxyl groups excluding tert-OH is 1. The van der Waals surface area contributed by atoms with Gasteiger partial charge in [0.1, 0.15) is 17.2 Å². The van der Waals surface area contributed by atoms with Crippen molar-refractivity contribution in [1.82, 2.24) is 34.5 Å². The molecular weight excluding hydrogens is 422 g/mol. The Morgan fingerprint density at radius 2 is 2.09 bits per heavy atom. The van der Waals surface area contributed by atoms with Crippen LogP contribution in [-0.2, 0) is 7.05 Å². The van der Waals surface area contributed by atoms with E-state index in [1.807, 2.05) is 19.3 Å². The minimum absolute atomic E-state index is 0.0973. The Bertz CT molecular complexity index is 1320. The van der Waals surface area contributed by atoms with Crippen LogP contribution in [0.3, 0.4) is 0 Å². The summed E-state index contributed by atoms with van der Waals surface area (Å²) in [4.78, 5) is 15.9. The van der Waals surface area contributed by atoms with E-state index in [-0.39, 0.29) is 12.6 Å². The van der Waals surface area contributed by atoms with Crippen molar-refractivity contribution in [3.63, 3.8) is 0 Å². The van der Waals surface area contributed by atoms with E-state index in [9.17, 15) is 5.11 Å². The third-order valence-electron chi connectivity index (χ3n) is 6.32. The molecule has 11 heteroatoms. The second-order valence-electron chi connectivity index (χ2n) is 8.67. The topological polar surface area (TPSA) is 119 Å². The van der Waals surface area contributed by atoms with E-state index in [4.69, 9.17) is 9.84 Å². The van der Waals surface area contributed by atoms with E-state index in [0.29, 0.717) is 35.9 Å². The lowest BCUT2D eigenvalue weighted by Crippen LogP contribution is -2.48. The molecule has 2 aliphatic rings. The highest BCUT2D eigenvalue weighted by Crippen LogP contribution is 2.35. The van der Waals surface area contributed by atoms with E-state index in [1.165, 1.54) is 0 Å². The molecule has 1 atom stereocenters. The summed E-state index contributed by atoms with van der Waals surface area (Å²) in [6, 6.07) is 3.91. The molecule has 0 aromatic carbocycles. The van der Waals surface area contributed by atoms with Crippen LogP contribution in [0.25, 0.3) is 22.3 Å². The first kappa shape index (κ1) is 19.9. The van der Waals surface area contributed by atoms with Gasteiger partial charge < -0.3 is 20.1 Å². The average Bonchev–Trinajstić information content (AvgIpc) is 3.33. The quantitative estimate of drug-likeness (QED) is 0.476. The summed E-state index contributed by atoms with van der Waals surface area (Å²) >= 11 is 0. The maximum Gasteiger partial charge on any atom is 0.222 e. The summed E-state index contributed by atoms with van der Waals surface area (Å²) in [5.74, 6) is 3.69. The molecule has 0 spiro atoms. The van der Waals surface area contributed by atoms with Crippen LogP contribution in [0.5, 0.6) is 5.88 Å². The number of hydrogen-bond acceptors (Lipinski definition) is 9. The number of ether oxygens (including phenoxy) is 1. The summed E-state index contributed by atoms with van der Waals surface area (Å²) in [6.45, 7) is 4.43.